The highest BCUT2D eigenvalue weighted by atomic mass is 16.6. The van der Waals surface area contributed by atoms with Gasteiger partial charge in [0.1, 0.15) is 6.61 Å². The predicted octanol–water partition coefficient (Wildman–Crippen LogP) is -2.46. The van der Waals surface area contributed by atoms with Crippen LogP contribution in [-0.2, 0) is 19.1 Å². The molecular weight excluding hydrogens is 184 g/mol. The molecule has 0 aliphatic rings. The van der Waals surface area contributed by atoms with Gasteiger partial charge >= 0.3 is 11.9 Å². The lowest BCUT2D eigenvalue weighted by atomic mass is 10.3. The van der Waals surface area contributed by atoms with Crippen LogP contribution in [0.25, 0.3) is 0 Å². The number of hydrogen-bond donors (Lipinski definition) is 3. The van der Waals surface area contributed by atoms with Crippen LogP contribution in [0.3, 0.4) is 0 Å². The van der Waals surface area contributed by atoms with E-state index in [-0.39, 0.29) is 0 Å². The Hall–Kier alpha value is -1.47. The van der Waals surface area contributed by atoms with Gasteiger partial charge in [-0.1, -0.05) is 0 Å². The largest absolute Gasteiger partial charge is 0.478 e. The highest BCUT2D eigenvalue weighted by Crippen LogP contribution is 1.92. The average Bonchev–Trinajstić information content (AvgIpc) is 2.11. The number of ether oxygens (including phenoxy) is 1. The number of hydrogen-bond acceptors (Lipinski definition) is 6. The maximum absolute atomic E-state index is 10.5. The Morgan fingerprint density at radius 2 is 1.77 bits per heavy atom. The molecule has 0 aliphatic heterocycles. The van der Waals surface area contributed by atoms with Gasteiger partial charge in [0.25, 0.3) is 5.78 Å². The molecule has 13 heavy (non-hydrogen) atoms. The van der Waals surface area contributed by atoms with E-state index in [2.05, 4.69) is 4.74 Å². The zero-order chi connectivity index (χ0) is 10.4. The lowest BCUT2D eigenvalue weighted by Gasteiger charge is -2.08. The smallest absolute Gasteiger partial charge is 0.378 e. The second-order valence-corrected chi connectivity index (χ2v) is 2.00. The summed E-state index contributed by atoms with van der Waals surface area (Å²) in [4.78, 5) is 31.1. The molecular formula is C6H8O7. The van der Waals surface area contributed by atoms with Crippen LogP contribution in [-0.4, -0.2) is 52.4 Å². The summed E-state index contributed by atoms with van der Waals surface area (Å²) in [6, 6.07) is 0. The van der Waals surface area contributed by atoms with E-state index in [0.717, 1.165) is 0 Å². The molecule has 0 spiro atoms. The Morgan fingerprint density at radius 1 is 1.23 bits per heavy atom. The molecule has 0 radical (unpaired) electrons. The van der Waals surface area contributed by atoms with E-state index in [1.54, 1.807) is 0 Å². The summed E-state index contributed by atoms with van der Waals surface area (Å²) < 4.78 is 4.02. The lowest BCUT2D eigenvalue weighted by molar-refractivity contribution is -0.170. The fourth-order valence-corrected chi connectivity index (χ4v) is 0.425. The quantitative estimate of drug-likeness (QED) is 0.326. The number of Topliss-reactive ketones (excluding diaryl/α,β-unsaturated/α-hetero) is 1. The third-order valence-corrected chi connectivity index (χ3v) is 1.06. The molecule has 0 heterocycles. The van der Waals surface area contributed by atoms with Gasteiger partial charge in [-0.15, -0.1) is 0 Å². The Bertz CT molecular complexity index is 221. The summed E-state index contributed by atoms with van der Waals surface area (Å²) in [6.45, 7) is -1.99. The van der Waals surface area contributed by atoms with E-state index < -0.39 is 37.0 Å². The van der Waals surface area contributed by atoms with E-state index >= 15 is 0 Å². The first-order chi connectivity index (χ1) is 6.02. The van der Waals surface area contributed by atoms with Crippen molar-refractivity contribution >= 4 is 17.7 Å². The van der Waals surface area contributed by atoms with Crippen LogP contribution in [0.4, 0.5) is 0 Å². The van der Waals surface area contributed by atoms with Crippen molar-refractivity contribution in [3.05, 3.63) is 0 Å². The van der Waals surface area contributed by atoms with Crippen LogP contribution < -0.4 is 0 Å². The van der Waals surface area contributed by atoms with Crippen molar-refractivity contribution in [2.24, 2.45) is 0 Å². The highest BCUT2D eigenvalue weighted by molar-refractivity contribution is 6.34. The van der Waals surface area contributed by atoms with E-state index in [1.165, 1.54) is 0 Å². The maximum atomic E-state index is 10.5. The Balaban J connectivity index is 4.17. The van der Waals surface area contributed by atoms with Gasteiger partial charge in [0, 0.05) is 0 Å². The van der Waals surface area contributed by atoms with Crippen molar-refractivity contribution in [1.29, 1.82) is 0 Å². The second kappa shape index (κ2) is 5.22. The van der Waals surface area contributed by atoms with Crippen molar-refractivity contribution in [2.45, 2.75) is 6.10 Å². The fraction of sp³-hybridized carbons (Fsp3) is 0.500. The van der Waals surface area contributed by atoms with Gasteiger partial charge < -0.3 is 20.1 Å². The van der Waals surface area contributed by atoms with Crippen LogP contribution in [0.15, 0.2) is 0 Å². The van der Waals surface area contributed by atoms with Crippen LogP contribution in [0.5, 0.6) is 0 Å². The molecule has 0 aliphatic carbocycles. The third-order valence-electron chi connectivity index (χ3n) is 1.06. The van der Waals surface area contributed by atoms with Crippen molar-refractivity contribution in [3.63, 3.8) is 0 Å². The molecule has 0 saturated heterocycles. The highest BCUT2D eigenvalue weighted by Gasteiger charge is 2.24. The minimum atomic E-state index is -1.78. The number of ketones is 1. The number of carbonyl (C=O) groups is 3. The first-order valence-corrected chi connectivity index (χ1v) is 3.21. The fourth-order valence-electron chi connectivity index (χ4n) is 0.425. The molecule has 0 amide bonds. The monoisotopic (exact) mass is 192 g/mol. The zero-order valence-corrected chi connectivity index (χ0v) is 6.47. The standard InChI is InChI=1S/C6H8O7/c7-1-3(9)6(12)13-4(2-8)5(10)11/h4,7-8H,1-2H2,(H,10,11). The van der Waals surface area contributed by atoms with Crippen molar-refractivity contribution < 1.29 is 34.4 Å². The Morgan fingerprint density at radius 3 is 2.08 bits per heavy atom. The number of aliphatic hydroxyl groups is 2. The van der Waals surface area contributed by atoms with E-state index in [0.29, 0.717) is 0 Å². The minimum Gasteiger partial charge on any atom is -0.478 e. The molecule has 0 fully saturated rings. The molecule has 3 N–H and O–H groups in total. The lowest BCUT2D eigenvalue weighted by Crippen LogP contribution is -2.34. The summed E-state index contributed by atoms with van der Waals surface area (Å²) in [5.74, 6) is -4.31. The summed E-state index contributed by atoms with van der Waals surface area (Å²) in [7, 11) is 0. The summed E-state index contributed by atoms with van der Waals surface area (Å²) >= 11 is 0. The molecule has 0 aromatic heterocycles. The number of carboxylic acids is 1. The first-order valence-electron chi connectivity index (χ1n) is 3.21. The predicted molar refractivity (Wildman–Crippen MR) is 36.7 cm³/mol. The summed E-state index contributed by atoms with van der Waals surface area (Å²) in [5, 5.41) is 24.8. The number of aliphatic hydroxyl groups excluding tert-OH is 2. The van der Waals surface area contributed by atoms with Gasteiger partial charge in [-0.05, 0) is 0 Å². The zero-order valence-electron chi connectivity index (χ0n) is 6.47. The second-order valence-electron chi connectivity index (χ2n) is 2.00. The van der Waals surface area contributed by atoms with Gasteiger partial charge in [0.15, 0.2) is 0 Å². The molecule has 0 saturated carbocycles. The van der Waals surface area contributed by atoms with Crippen LogP contribution in [0, 0.1) is 0 Å². The molecule has 0 bridgehead atoms. The number of rotatable bonds is 5. The number of esters is 1. The first kappa shape index (κ1) is 11.5. The van der Waals surface area contributed by atoms with Gasteiger partial charge in [-0.25, -0.2) is 9.59 Å². The minimum absolute atomic E-state index is 0.931. The van der Waals surface area contributed by atoms with Crippen molar-refractivity contribution in [1.82, 2.24) is 0 Å². The van der Waals surface area contributed by atoms with Gasteiger partial charge in [-0.2, -0.15) is 0 Å². The van der Waals surface area contributed by atoms with E-state index in [1.807, 2.05) is 0 Å². The van der Waals surface area contributed by atoms with Crippen LogP contribution in [0.1, 0.15) is 0 Å². The Kier molecular flexibility index (Phi) is 4.63. The number of carboxylic acid groups (broad SMARTS) is 1. The van der Waals surface area contributed by atoms with E-state index in [4.69, 9.17) is 15.3 Å². The molecule has 7 heteroatoms. The molecule has 7 nitrogen and oxygen atoms in total. The van der Waals surface area contributed by atoms with Crippen LogP contribution in [0.2, 0.25) is 0 Å². The van der Waals surface area contributed by atoms with Gasteiger partial charge in [0.05, 0.1) is 6.61 Å². The van der Waals surface area contributed by atoms with Crippen molar-refractivity contribution in [3.8, 4) is 0 Å². The average molecular weight is 192 g/mol. The number of aliphatic carboxylic acids is 1. The molecule has 0 rings (SSSR count). The molecule has 0 aromatic rings. The summed E-state index contributed by atoms with van der Waals surface area (Å²) in [6.07, 6.45) is -1.78. The third kappa shape index (κ3) is 3.63. The molecule has 1 unspecified atom stereocenters. The number of carbonyl (C=O) groups excluding carboxylic acids is 2. The normalized spacial score (nSPS) is 11.8. The van der Waals surface area contributed by atoms with Crippen LogP contribution >= 0.6 is 0 Å². The SMILES string of the molecule is O=C(CO)C(=O)OC(CO)C(=O)O. The molecule has 74 valence electrons. The van der Waals surface area contributed by atoms with E-state index in [9.17, 15) is 14.4 Å². The van der Waals surface area contributed by atoms with Crippen molar-refractivity contribution in [2.75, 3.05) is 13.2 Å². The molecule has 1 atom stereocenters. The maximum Gasteiger partial charge on any atom is 0.378 e. The Labute approximate surface area is 72.5 Å². The summed E-state index contributed by atoms with van der Waals surface area (Å²) in [5.41, 5.74) is 0. The topological polar surface area (TPSA) is 121 Å². The molecule has 0 aromatic carbocycles. The van der Waals surface area contributed by atoms with Gasteiger partial charge in [0.2, 0.25) is 6.10 Å². The van der Waals surface area contributed by atoms with Gasteiger partial charge in [-0.3, -0.25) is 4.79 Å².